The molecule has 0 aliphatic heterocycles. The molecule has 0 saturated heterocycles. The maximum atomic E-state index is 12.1. The molecule has 1 rings (SSSR count). The largest absolute Gasteiger partial charge is 0.478 e. The molecule has 7 heteroatoms. The Morgan fingerprint density at radius 3 is 2.65 bits per heavy atom. The second-order valence-corrected chi connectivity index (χ2v) is 7.68. The molecular formula is C13H21NO4S2. The number of carbonyl (C=O) groups is 1. The van der Waals surface area contributed by atoms with Crippen molar-refractivity contribution in [2.75, 3.05) is 0 Å². The van der Waals surface area contributed by atoms with Gasteiger partial charge in [0.1, 0.15) is 4.21 Å². The summed E-state index contributed by atoms with van der Waals surface area (Å²) in [5.41, 5.74) is 0.00553. The van der Waals surface area contributed by atoms with Crippen LogP contribution in [0.25, 0.3) is 0 Å². The fourth-order valence-corrected chi connectivity index (χ4v) is 4.28. The molecule has 2 N–H and O–H groups in total. The van der Waals surface area contributed by atoms with Gasteiger partial charge in [0.25, 0.3) is 0 Å². The highest BCUT2D eigenvalue weighted by Gasteiger charge is 2.20. The Morgan fingerprint density at radius 2 is 2.10 bits per heavy atom. The first-order chi connectivity index (χ1) is 9.36. The molecule has 0 aromatic carbocycles. The number of hydrogen-bond donors (Lipinski definition) is 2. The number of nitrogens with one attached hydrogen (secondary N) is 1. The third-order valence-corrected chi connectivity index (χ3v) is 5.96. The fraction of sp³-hybridized carbons (Fsp3) is 0.615. The van der Waals surface area contributed by atoms with E-state index in [2.05, 4.69) is 11.6 Å². The van der Waals surface area contributed by atoms with Gasteiger partial charge in [-0.3, -0.25) is 0 Å². The smallest absolute Gasteiger partial charge is 0.336 e. The summed E-state index contributed by atoms with van der Waals surface area (Å²) in [5, 5.41) is 10.1. The van der Waals surface area contributed by atoms with Gasteiger partial charge in [-0.15, -0.1) is 11.3 Å². The van der Waals surface area contributed by atoms with Crippen molar-refractivity contribution in [2.45, 2.75) is 56.2 Å². The minimum Gasteiger partial charge on any atom is -0.478 e. The van der Waals surface area contributed by atoms with Crippen molar-refractivity contribution < 1.29 is 18.3 Å². The topological polar surface area (TPSA) is 83.5 Å². The summed E-state index contributed by atoms with van der Waals surface area (Å²) in [6.07, 6.45) is 5.18. The molecule has 0 amide bonds. The normalized spacial score (nSPS) is 13.3. The van der Waals surface area contributed by atoms with Crippen LogP contribution < -0.4 is 4.72 Å². The highest BCUT2D eigenvalue weighted by Crippen LogP contribution is 2.21. The van der Waals surface area contributed by atoms with Gasteiger partial charge in [-0.1, -0.05) is 32.6 Å². The number of carboxylic acids is 1. The summed E-state index contributed by atoms with van der Waals surface area (Å²) in [6, 6.07) is 1.05. The van der Waals surface area contributed by atoms with Crippen molar-refractivity contribution in [1.82, 2.24) is 4.72 Å². The molecule has 0 radical (unpaired) electrons. The van der Waals surface area contributed by atoms with E-state index in [1.165, 1.54) is 11.4 Å². The molecule has 1 unspecified atom stereocenters. The van der Waals surface area contributed by atoms with Crippen LogP contribution in [0.3, 0.4) is 0 Å². The molecule has 0 aliphatic rings. The van der Waals surface area contributed by atoms with Crippen LogP contribution in [0.5, 0.6) is 0 Å². The van der Waals surface area contributed by atoms with Crippen LogP contribution in [-0.4, -0.2) is 25.5 Å². The molecule has 1 atom stereocenters. The molecule has 1 aromatic heterocycles. The molecule has 0 spiro atoms. The highest BCUT2D eigenvalue weighted by molar-refractivity contribution is 7.91. The summed E-state index contributed by atoms with van der Waals surface area (Å²) in [4.78, 5) is 10.8. The zero-order chi connectivity index (χ0) is 15.2. The molecule has 114 valence electrons. The second kappa shape index (κ2) is 7.75. The van der Waals surface area contributed by atoms with Crippen molar-refractivity contribution in [1.29, 1.82) is 0 Å². The minimum absolute atomic E-state index is 0.00553. The number of unbranched alkanes of at least 4 members (excludes halogenated alkanes) is 3. The number of sulfonamides is 1. The minimum atomic E-state index is -3.61. The van der Waals surface area contributed by atoms with Crippen LogP contribution in [0, 0.1) is 0 Å². The van der Waals surface area contributed by atoms with E-state index in [-0.39, 0.29) is 15.8 Å². The van der Waals surface area contributed by atoms with Gasteiger partial charge >= 0.3 is 5.97 Å². The highest BCUT2D eigenvalue weighted by atomic mass is 32.2. The molecule has 0 aliphatic carbocycles. The molecule has 1 heterocycles. The van der Waals surface area contributed by atoms with E-state index in [1.54, 1.807) is 0 Å². The number of hydrogen-bond acceptors (Lipinski definition) is 4. The molecule has 0 fully saturated rings. The monoisotopic (exact) mass is 319 g/mol. The quantitative estimate of drug-likeness (QED) is 0.685. The molecule has 1 aromatic rings. The van der Waals surface area contributed by atoms with E-state index in [0.29, 0.717) is 0 Å². The van der Waals surface area contributed by atoms with Crippen LogP contribution in [0.2, 0.25) is 0 Å². The standard InChI is InChI=1S/C13H21NO4S2/c1-3-4-5-6-7-10(2)14-20(17,18)12-8-11(9-19-12)13(15)16/h8-10,14H,3-7H2,1-2H3,(H,15,16). The molecule has 0 saturated carbocycles. The van der Waals surface area contributed by atoms with Crippen molar-refractivity contribution >= 4 is 27.3 Å². The number of aromatic carboxylic acids is 1. The average Bonchev–Trinajstić information content (AvgIpc) is 2.84. The predicted octanol–water partition coefficient (Wildman–Crippen LogP) is 3.08. The average molecular weight is 319 g/mol. The maximum absolute atomic E-state index is 12.1. The van der Waals surface area contributed by atoms with E-state index in [9.17, 15) is 13.2 Å². The summed E-state index contributed by atoms with van der Waals surface area (Å²) < 4.78 is 26.8. The van der Waals surface area contributed by atoms with Crippen LogP contribution in [0.4, 0.5) is 0 Å². The van der Waals surface area contributed by atoms with Gasteiger partial charge in [-0.2, -0.15) is 0 Å². The Labute approximate surface area is 124 Å². The van der Waals surface area contributed by atoms with Crippen molar-refractivity contribution in [2.24, 2.45) is 0 Å². The lowest BCUT2D eigenvalue weighted by Gasteiger charge is -2.13. The lowest BCUT2D eigenvalue weighted by atomic mass is 10.1. The van der Waals surface area contributed by atoms with Crippen molar-refractivity contribution in [3.05, 3.63) is 17.0 Å². The lowest BCUT2D eigenvalue weighted by molar-refractivity contribution is 0.0697. The van der Waals surface area contributed by atoms with Gasteiger partial charge < -0.3 is 5.11 Å². The zero-order valence-corrected chi connectivity index (χ0v) is 13.4. The van der Waals surface area contributed by atoms with Gasteiger partial charge in [-0.05, 0) is 19.4 Å². The summed E-state index contributed by atoms with van der Waals surface area (Å²) in [5.74, 6) is -1.12. The number of carboxylic acid groups (broad SMARTS) is 1. The first-order valence-corrected chi connectivity index (χ1v) is 9.07. The van der Waals surface area contributed by atoms with E-state index >= 15 is 0 Å². The van der Waals surface area contributed by atoms with Gasteiger partial charge in [0.15, 0.2) is 0 Å². The second-order valence-electron chi connectivity index (χ2n) is 4.83. The van der Waals surface area contributed by atoms with Crippen molar-refractivity contribution in [3.8, 4) is 0 Å². The first-order valence-electron chi connectivity index (χ1n) is 6.71. The fourth-order valence-electron chi connectivity index (χ4n) is 1.83. The van der Waals surface area contributed by atoms with Gasteiger partial charge in [-0.25, -0.2) is 17.9 Å². The summed E-state index contributed by atoms with van der Waals surface area (Å²) >= 11 is 0.927. The Bertz CT molecular complexity index is 536. The summed E-state index contributed by atoms with van der Waals surface area (Å²) in [7, 11) is -3.61. The molecule has 20 heavy (non-hydrogen) atoms. The third-order valence-electron chi connectivity index (χ3n) is 2.93. The third kappa shape index (κ3) is 5.22. The van der Waals surface area contributed by atoms with E-state index in [1.807, 2.05) is 6.92 Å². The Hall–Kier alpha value is -0.920. The van der Waals surface area contributed by atoms with Crippen molar-refractivity contribution in [3.63, 3.8) is 0 Å². The van der Waals surface area contributed by atoms with E-state index in [4.69, 9.17) is 5.11 Å². The molecule has 5 nitrogen and oxygen atoms in total. The number of rotatable bonds is 9. The Morgan fingerprint density at radius 1 is 1.40 bits per heavy atom. The molecular weight excluding hydrogens is 298 g/mol. The lowest BCUT2D eigenvalue weighted by Crippen LogP contribution is -2.32. The summed E-state index contributed by atoms with van der Waals surface area (Å²) in [6.45, 7) is 3.96. The van der Waals surface area contributed by atoms with Crippen LogP contribution in [0.15, 0.2) is 15.7 Å². The van der Waals surface area contributed by atoms with Gasteiger partial charge in [0.05, 0.1) is 5.56 Å². The van der Waals surface area contributed by atoms with Gasteiger partial charge in [0.2, 0.25) is 10.0 Å². The first kappa shape index (κ1) is 17.1. The van der Waals surface area contributed by atoms with Crippen LogP contribution in [0.1, 0.15) is 56.3 Å². The number of thiophene rings is 1. The Kier molecular flexibility index (Phi) is 6.64. The van der Waals surface area contributed by atoms with E-state index in [0.717, 1.165) is 43.4 Å². The SMILES string of the molecule is CCCCCCC(C)NS(=O)(=O)c1cc(C(=O)O)cs1. The molecule has 0 bridgehead atoms. The zero-order valence-electron chi connectivity index (χ0n) is 11.8. The van der Waals surface area contributed by atoms with Gasteiger partial charge in [0, 0.05) is 11.4 Å². The van der Waals surface area contributed by atoms with E-state index < -0.39 is 16.0 Å². The van der Waals surface area contributed by atoms with Crippen LogP contribution in [-0.2, 0) is 10.0 Å². The Balaban J connectivity index is 2.57. The predicted molar refractivity (Wildman–Crippen MR) is 79.8 cm³/mol. The van der Waals surface area contributed by atoms with Crippen LogP contribution >= 0.6 is 11.3 Å². The maximum Gasteiger partial charge on any atom is 0.336 e.